The number of esters is 1. The maximum atomic E-state index is 11.1. The lowest BCUT2D eigenvalue weighted by Gasteiger charge is -2.22. The number of hydrogen-bond acceptors (Lipinski definition) is 4. The summed E-state index contributed by atoms with van der Waals surface area (Å²) in [6.07, 6.45) is 4.95. The average molecular weight is 242 g/mol. The lowest BCUT2D eigenvalue weighted by molar-refractivity contribution is -0.139. The van der Waals surface area contributed by atoms with E-state index in [1.54, 1.807) is 18.0 Å². The van der Waals surface area contributed by atoms with E-state index in [0.29, 0.717) is 0 Å². The van der Waals surface area contributed by atoms with Crippen LogP contribution in [0.2, 0.25) is 0 Å². The van der Waals surface area contributed by atoms with Gasteiger partial charge in [-0.25, -0.2) is 0 Å². The number of carbonyl (C=O) groups excluding carboxylic acids is 1. The van der Waals surface area contributed by atoms with Gasteiger partial charge in [-0.2, -0.15) is 11.8 Å². The lowest BCUT2D eigenvalue weighted by atomic mass is 10.0. The fourth-order valence-corrected chi connectivity index (χ4v) is 2.00. The summed E-state index contributed by atoms with van der Waals surface area (Å²) in [4.78, 5) is 11.1. The molecule has 1 heterocycles. The summed E-state index contributed by atoms with van der Waals surface area (Å²) in [5.41, 5.74) is 0.871. The second kappa shape index (κ2) is 5.43. The Labute approximate surface area is 101 Å². The first-order valence-electron chi connectivity index (χ1n) is 5.25. The predicted octanol–water partition coefficient (Wildman–Crippen LogP) is 2.98. The lowest BCUT2D eigenvalue weighted by Crippen LogP contribution is -2.14. The molecule has 0 spiro atoms. The Hall–Kier alpha value is -0.900. The maximum Gasteiger partial charge on any atom is 0.310 e. The van der Waals surface area contributed by atoms with Crippen molar-refractivity contribution in [3.8, 4) is 0 Å². The van der Waals surface area contributed by atoms with Gasteiger partial charge in [0.2, 0.25) is 0 Å². The van der Waals surface area contributed by atoms with E-state index in [9.17, 15) is 4.79 Å². The summed E-state index contributed by atoms with van der Waals surface area (Å²) in [5, 5.41) is 0. The van der Waals surface area contributed by atoms with Gasteiger partial charge in [-0.3, -0.25) is 4.79 Å². The van der Waals surface area contributed by atoms with Gasteiger partial charge in [0.05, 0.1) is 24.5 Å². The molecule has 0 saturated carbocycles. The Morgan fingerprint density at radius 1 is 1.62 bits per heavy atom. The van der Waals surface area contributed by atoms with Gasteiger partial charge < -0.3 is 9.15 Å². The standard InChI is InChI=1S/C12H18O3S/c1-5-12(2,16-4)10-6-9(8-15-10)7-11(13)14-3/h6,8H,5,7H2,1-4H3. The first-order chi connectivity index (χ1) is 7.55. The minimum absolute atomic E-state index is 0.0195. The highest BCUT2D eigenvalue weighted by Gasteiger charge is 2.27. The zero-order chi connectivity index (χ0) is 12.2. The van der Waals surface area contributed by atoms with Crippen LogP contribution in [0.15, 0.2) is 16.7 Å². The van der Waals surface area contributed by atoms with Gasteiger partial charge in [-0.15, -0.1) is 0 Å². The monoisotopic (exact) mass is 242 g/mol. The van der Waals surface area contributed by atoms with E-state index in [1.807, 2.05) is 6.07 Å². The van der Waals surface area contributed by atoms with E-state index < -0.39 is 0 Å². The largest absolute Gasteiger partial charge is 0.469 e. The molecule has 0 amide bonds. The van der Waals surface area contributed by atoms with Crippen LogP contribution in [0.5, 0.6) is 0 Å². The Bertz CT molecular complexity index is 353. The third kappa shape index (κ3) is 2.82. The molecule has 0 fully saturated rings. The molecule has 90 valence electrons. The molecule has 0 radical (unpaired) electrons. The summed E-state index contributed by atoms with van der Waals surface area (Å²) in [5.74, 6) is 0.677. The van der Waals surface area contributed by atoms with Gasteiger partial charge >= 0.3 is 5.97 Å². The van der Waals surface area contributed by atoms with Gasteiger partial charge in [0, 0.05) is 5.56 Å². The fraction of sp³-hybridized carbons (Fsp3) is 0.583. The second-order valence-corrected chi connectivity index (χ2v) is 5.17. The van der Waals surface area contributed by atoms with Crippen molar-refractivity contribution >= 4 is 17.7 Å². The minimum Gasteiger partial charge on any atom is -0.469 e. The Morgan fingerprint density at radius 3 is 2.81 bits per heavy atom. The normalized spacial score (nSPS) is 14.5. The van der Waals surface area contributed by atoms with Crippen molar-refractivity contribution in [2.45, 2.75) is 31.4 Å². The van der Waals surface area contributed by atoms with Crippen molar-refractivity contribution < 1.29 is 13.9 Å². The molecule has 0 aliphatic rings. The first kappa shape index (κ1) is 13.2. The van der Waals surface area contributed by atoms with Crippen molar-refractivity contribution in [1.29, 1.82) is 0 Å². The third-order valence-electron chi connectivity index (χ3n) is 2.88. The van der Waals surface area contributed by atoms with E-state index in [4.69, 9.17) is 4.42 Å². The van der Waals surface area contributed by atoms with Crippen molar-refractivity contribution in [2.24, 2.45) is 0 Å². The van der Waals surface area contributed by atoms with Crippen LogP contribution in [0, 0.1) is 0 Å². The molecule has 1 aromatic heterocycles. The van der Waals surface area contributed by atoms with Crippen LogP contribution in [-0.2, 0) is 20.7 Å². The van der Waals surface area contributed by atoms with Crippen molar-refractivity contribution in [3.63, 3.8) is 0 Å². The van der Waals surface area contributed by atoms with Gasteiger partial charge in [0.15, 0.2) is 0 Å². The Kier molecular flexibility index (Phi) is 4.47. The molecular weight excluding hydrogens is 224 g/mol. The number of ether oxygens (including phenoxy) is 1. The number of rotatable bonds is 5. The summed E-state index contributed by atoms with van der Waals surface area (Å²) >= 11 is 1.75. The molecular formula is C12H18O3S. The Balaban J connectivity index is 2.82. The van der Waals surface area contributed by atoms with Gasteiger partial charge in [-0.1, -0.05) is 6.92 Å². The molecule has 0 aromatic carbocycles. The topological polar surface area (TPSA) is 39.4 Å². The highest BCUT2D eigenvalue weighted by molar-refractivity contribution is 7.99. The molecule has 3 nitrogen and oxygen atoms in total. The summed E-state index contributed by atoms with van der Waals surface area (Å²) in [7, 11) is 1.39. The highest BCUT2D eigenvalue weighted by Crippen LogP contribution is 2.38. The van der Waals surface area contributed by atoms with E-state index in [2.05, 4.69) is 24.8 Å². The zero-order valence-electron chi connectivity index (χ0n) is 10.2. The van der Waals surface area contributed by atoms with Gasteiger partial charge in [-0.05, 0) is 25.7 Å². The average Bonchev–Trinajstić information content (AvgIpc) is 2.76. The second-order valence-electron chi connectivity index (χ2n) is 3.86. The predicted molar refractivity (Wildman–Crippen MR) is 65.6 cm³/mol. The van der Waals surface area contributed by atoms with Crippen LogP contribution in [0.1, 0.15) is 31.6 Å². The first-order valence-corrected chi connectivity index (χ1v) is 6.48. The molecule has 1 aromatic rings. The van der Waals surface area contributed by atoms with Crippen LogP contribution >= 0.6 is 11.8 Å². The smallest absolute Gasteiger partial charge is 0.310 e. The molecule has 0 saturated heterocycles. The molecule has 1 atom stereocenters. The number of methoxy groups -OCH3 is 1. The molecule has 0 N–H and O–H groups in total. The van der Waals surface area contributed by atoms with Crippen molar-refractivity contribution in [2.75, 3.05) is 13.4 Å². The third-order valence-corrected chi connectivity index (χ3v) is 4.27. The van der Waals surface area contributed by atoms with E-state index >= 15 is 0 Å². The van der Waals surface area contributed by atoms with Crippen molar-refractivity contribution in [1.82, 2.24) is 0 Å². The zero-order valence-corrected chi connectivity index (χ0v) is 11.0. The fourth-order valence-electron chi connectivity index (χ4n) is 1.40. The Morgan fingerprint density at radius 2 is 2.31 bits per heavy atom. The minimum atomic E-state index is -0.241. The van der Waals surface area contributed by atoms with Crippen LogP contribution in [0.3, 0.4) is 0 Å². The molecule has 16 heavy (non-hydrogen) atoms. The van der Waals surface area contributed by atoms with E-state index in [0.717, 1.165) is 17.7 Å². The molecule has 1 rings (SSSR count). The molecule has 4 heteroatoms. The van der Waals surface area contributed by atoms with Gasteiger partial charge in [0.25, 0.3) is 0 Å². The van der Waals surface area contributed by atoms with E-state index in [-0.39, 0.29) is 17.1 Å². The number of carbonyl (C=O) groups is 1. The van der Waals surface area contributed by atoms with Crippen LogP contribution < -0.4 is 0 Å². The number of thioether (sulfide) groups is 1. The van der Waals surface area contributed by atoms with Gasteiger partial charge in [0.1, 0.15) is 5.76 Å². The SMILES string of the molecule is CCC(C)(SC)c1cc(CC(=O)OC)co1. The number of furan rings is 1. The summed E-state index contributed by atoms with van der Waals surface area (Å²) in [6, 6.07) is 1.94. The molecule has 0 aliphatic carbocycles. The highest BCUT2D eigenvalue weighted by atomic mass is 32.2. The number of hydrogen-bond donors (Lipinski definition) is 0. The summed E-state index contributed by atoms with van der Waals surface area (Å²) < 4.78 is 10.1. The quantitative estimate of drug-likeness (QED) is 0.744. The molecule has 1 unspecified atom stereocenters. The van der Waals surface area contributed by atoms with Crippen LogP contribution in [0.25, 0.3) is 0 Å². The molecule has 0 bridgehead atoms. The molecule has 0 aliphatic heterocycles. The summed E-state index contributed by atoms with van der Waals surface area (Å²) in [6.45, 7) is 4.26. The van der Waals surface area contributed by atoms with Crippen LogP contribution in [0.4, 0.5) is 0 Å². The maximum absolute atomic E-state index is 11.1. The van der Waals surface area contributed by atoms with E-state index in [1.165, 1.54) is 7.11 Å². The van der Waals surface area contributed by atoms with Crippen LogP contribution in [-0.4, -0.2) is 19.3 Å². The van der Waals surface area contributed by atoms with Crippen molar-refractivity contribution in [3.05, 3.63) is 23.7 Å².